The minimum Gasteiger partial charge on any atom is -0.298 e. The van der Waals surface area contributed by atoms with Crippen LogP contribution in [0, 0.1) is 26.1 Å². The van der Waals surface area contributed by atoms with E-state index >= 15 is 0 Å². The number of nitrogens with zero attached hydrogens (tertiary/aromatic N) is 3. The molecule has 0 fully saturated rings. The number of rotatable bonds is 4. The number of thiazole rings is 1. The predicted molar refractivity (Wildman–Crippen MR) is 91.0 cm³/mol. The van der Waals surface area contributed by atoms with Crippen molar-refractivity contribution < 1.29 is 14.6 Å². The van der Waals surface area contributed by atoms with E-state index in [0.717, 1.165) is 48.0 Å². The highest BCUT2D eigenvalue weighted by molar-refractivity contribution is 7.15. The molecular weight excluding hydrogens is 348 g/mol. The van der Waals surface area contributed by atoms with Crippen LogP contribution >= 0.6 is 11.3 Å². The van der Waals surface area contributed by atoms with Gasteiger partial charge < -0.3 is 0 Å². The SMILES string of the molecule is C[C@H]1CCc2nc(NC(=O)c3cc([N+](=O)[O-])cc([N+](=O)[O-])c3)sc2C1. The number of benzene rings is 1. The lowest BCUT2D eigenvalue weighted by Crippen LogP contribution is -2.12. The monoisotopic (exact) mass is 362 g/mol. The summed E-state index contributed by atoms with van der Waals surface area (Å²) < 4.78 is 0. The first-order chi connectivity index (χ1) is 11.8. The number of anilines is 1. The number of hydrogen-bond acceptors (Lipinski definition) is 7. The highest BCUT2D eigenvalue weighted by atomic mass is 32.1. The first-order valence-corrected chi connectivity index (χ1v) is 8.39. The Bertz CT molecular complexity index is 847. The Kier molecular flexibility index (Phi) is 4.45. The first-order valence-electron chi connectivity index (χ1n) is 7.57. The zero-order chi connectivity index (χ0) is 18.1. The summed E-state index contributed by atoms with van der Waals surface area (Å²) in [5, 5.41) is 24.8. The average Bonchev–Trinajstić information content (AvgIpc) is 2.95. The Morgan fingerprint density at radius 1 is 1.24 bits per heavy atom. The molecule has 0 saturated heterocycles. The Hall–Kier alpha value is -2.88. The van der Waals surface area contributed by atoms with Gasteiger partial charge in [-0.2, -0.15) is 0 Å². The molecule has 0 bridgehead atoms. The molecule has 25 heavy (non-hydrogen) atoms. The van der Waals surface area contributed by atoms with Crippen molar-refractivity contribution in [3.05, 3.63) is 54.6 Å². The normalized spacial score (nSPS) is 16.1. The summed E-state index contributed by atoms with van der Waals surface area (Å²) in [6.45, 7) is 2.16. The molecule has 1 amide bonds. The number of carbonyl (C=O) groups excluding carboxylic acids is 1. The molecule has 0 aliphatic heterocycles. The van der Waals surface area contributed by atoms with E-state index in [0.29, 0.717) is 11.0 Å². The van der Waals surface area contributed by atoms with E-state index in [4.69, 9.17) is 0 Å². The fraction of sp³-hybridized carbons (Fsp3) is 0.333. The number of non-ortho nitro benzene ring substituents is 2. The summed E-state index contributed by atoms with van der Waals surface area (Å²) in [6.07, 6.45) is 2.80. The molecule has 1 heterocycles. The highest BCUT2D eigenvalue weighted by Gasteiger charge is 2.23. The van der Waals surface area contributed by atoms with Crippen LogP contribution in [0.4, 0.5) is 16.5 Å². The summed E-state index contributed by atoms with van der Waals surface area (Å²) in [5.41, 5.74) is -0.205. The van der Waals surface area contributed by atoms with Crippen LogP contribution < -0.4 is 5.32 Å². The molecular formula is C15H14N4O5S. The maximum atomic E-state index is 12.4. The van der Waals surface area contributed by atoms with Crippen molar-refractivity contribution in [3.8, 4) is 0 Å². The number of aromatic nitrogens is 1. The van der Waals surface area contributed by atoms with E-state index in [2.05, 4.69) is 17.2 Å². The lowest BCUT2D eigenvalue weighted by molar-refractivity contribution is -0.394. The molecule has 1 aliphatic carbocycles. The van der Waals surface area contributed by atoms with Gasteiger partial charge in [0.15, 0.2) is 5.13 Å². The zero-order valence-corrected chi connectivity index (χ0v) is 14.0. The summed E-state index contributed by atoms with van der Waals surface area (Å²) in [5.74, 6) is -0.0955. The molecule has 2 aromatic rings. The van der Waals surface area contributed by atoms with E-state index < -0.39 is 27.1 Å². The van der Waals surface area contributed by atoms with E-state index in [-0.39, 0.29) is 5.56 Å². The Labute approximate surface area is 146 Å². The molecule has 1 aromatic carbocycles. The summed E-state index contributed by atoms with van der Waals surface area (Å²) in [6, 6.07) is 2.84. The second-order valence-corrected chi connectivity index (χ2v) is 7.03. The minimum atomic E-state index is -0.771. The van der Waals surface area contributed by atoms with Crippen molar-refractivity contribution >= 4 is 33.8 Å². The van der Waals surface area contributed by atoms with Crippen molar-refractivity contribution in [1.82, 2.24) is 4.98 Å². The van der Waals surface area contributed by atoms with E-state index in [1.807, 2.05) is 0 Å². The van der Waals surface area contributed by atoms with E-state index in [1.54, 1.807) is 0 Å². The standard InChI is InChI=1S/C15H14N4O5S/c1-8-2-3-12-13(4-8)25-15(16-12)17-14(20)9-5-10(18(21)22)7-11(6-9)19(23)24/h5-8H,2-4H2,1H3,(H,16,17,20)/t8-/m0/s1. The van der Waals surface area contributed by atoms with Crippen molar-refractivity contribution in [2.45, 2.75) is 26.2 Å². The first kappa shape index (κ1) is 17.0. The maximum Gasteiger partial charge on any atom is 0.277 e. The average molecular weight is 362 g/mol. The lowest BCUT2D eigenvalue weighted by Gasteiger charge is -2.15. The van der Waals surface area contributed by atoms with E-state index in [9.17, 15) is 25.0 Å². The van der Waals surface area contributed by atoms with Gasteiger partial charge in [0.25, 0.3) is 17.3 Å². The molecule has 1 N–H and O–H groups in total. The molecule has 1 aliphatic rings. The number of aryl methyl sites for hydroxylation is 1. The lowest BCUT2D eigenvalue weighted by atomic mass is 9.93. The second kappa shape index (κ2) is 6.55. The van der Waals surface area contributed by atoms with Gasteiger partial charge in [0, 0.05) is 17.0 Å². The highest BCUT2D eigenvalue weighted by Crippen LogP contribution is 2.32. The smallest absolute Gasteiger partial charge is 0.277 e. The van der Waals surface area contributed by atoms with Crippen LogP contribution in [-0.4, -0.2) is 20.7 Å². The molecule has 9 nitrogen and oxygen atoms in total. The Balaban J connectivity index is 1.86. The number of nitrogens with one attached hydrogen (secondary N) is 1. The second-order valence-electron chi connectivity index (χ2n) is 5.94. The molecule has 0 radical (unpaired) electrons. The quantitative estimate of drug-likeness (QED) is 0.656. The summed E-state index contributed by atoms with van der Waals surface area (Å²) >= 11 is 1.37. The molecule has 1 atom stereocenters. The maximum absolute atomic E-state index is 12.4. The van der Waals surface area contributed by atoms with Gasteiger partial charge in [0.05, 0.1) is 27.2 Å². The third kappa shape index (κ3) is 3.63. The van der Waals surface area contributed by atoms with Crippen LogP contribution in [-0.2, 0) is 12.8 Å². The van der Waals surface area contributed by atoms with Crippen LogP contribution in [0.3, 0.4) is 0 Å². The molecule has 1 aromatic heterocycles. The molecule has 130 valence electrons. The van der Waals surface area contributed by atoms with E-state index in [1.165, 1.54) is 11.3 Å². The van der Waals surface area contributed by atoms with Gasteiger partial charge in [-0.05, 0) is 25.2 Å². The van der Waals surface area contributed by atoms with Gasteiger partial charge in [-0.1, -0.05) is 6.92 Å². The van der Waals surface area contributed by atoms with Gasteiger partial charge in [-0.3, -0.25) is 30.3 Å². The van der Waals surface area contributed by atoms with Crippen molar-refractivity contribution in [2.24, 2.45) is 5.92 Å². The largest absolute Gasteiger partial charge is 0.298 e. The van der Waals surface area contributed by atoms with Crippen LogP contribution in [0.25, 0.3) is 0 Å². The summed E-state index contributed by atoms with van der Waals surface area (Å²) in [4.78, 5) is 38.1. The van der Waals surface area contributed by atoms with Gasteiger partial charge in [0.1, 0.15) is 0 Å². The number of amides is 1. The van der Waals surface area contributed by atoms with Crippen LogP contribution in [0.15, 0.2) is 18.2 Å². The van der Waals surface area contributed by atoms with Crippen LogP contribution in [0.5, 0.6) is 0 Å². The molecule has 0 unspecified atom stereocenters. The predicted octanol–water partition coefficient (Wildman–Crippen LogP) is 3.34. The topological polar surface area (TPSA) is 128 Å². The van der Waals surface area contributed by atoms with Gasteiger partial charge in [-0.25, -0.2) is 4.98 Å². The van der Waals surface area contributed by atoms with Crippen molar-refractivity contribution in [1.29, 1.82) is 0 Å². The molecule has 10 heteroatoms. The molecule has 0 saturated carbocycles. The third-order valence-corrected chi connectivity index (χ3v) is 5.03. The van der Waals surface area contributed by atoms with Crippen molar-refractivity contribution in [3.63, 3.8) is 0 Å². The number of hydrogen-bond donors (Lipinski definition) is 1. The number of nitro benzene ring substituents is 2. The Morgan fingerprint density at radius 3 is 2.48 bits per heavy atom. The zero-order valence-electron chi connectivity index (χ0n) is 13.2. The number of fused-ring (bicyclic) bond motifs is 1. The Morgan fingerprint density at radius 2 is 1.88 bits per heavy atom. The molecule has 3 rings (SSSR count). The van der Waals surface area contributed by atoms with Crippen LogP contribution in [0.2, 0.25) is 0 Å². The number of carbonyl (C=O) groups is 1. The van der Waals surface area contributed by atoms with Crippen LogP contribution in [0.1, 0.15) is 34.3 Å². The van der Waals surface area contributed by atoms with Crippen molar-refractivity contribution in [2.75, 3.05) is 5.32 Å². The third-order valence-electron chi connectivity index (χ3n) is 3.99. The fourth-order valence-corrected chi connectivity index (χ4v) is 3.87. The van der Waals surface area contributed by atoms with Gasteiger partial charge in [0.2, 0.25) is 0 Å². The summed E-state index contributed by atoms with van der Waals surface area (Å²) in [7, 11) is 0. The minimum absolute atomic E-state index is 0.151. The van der Waals surface area contributed by atoms with Gasteiger partial charge in [-0.15, -0.1) is 11.3 Å². The number of nitro groups is 2. The molecule has 0 spiro atoms. The van der Waals surface area contributed by atoms with Gasteiger partial charge >= 0.3 is 0 Å². The fourth-order valence-electron chi connectivity index (χ4n) is 2.70.